The molecule has 0 aromatic heterocycles. The SMILES string of the molecule is Cc1cc(I)ccc1N1C(=O)[C@H]2[C@@H]3c4ccccc4[C@H](c4cc(C(C)(C)C)ccc43)[C@@H]2C1=O. The highest BCUT2D eigenvalue weighted by atomic mass is 127. The van der Waals surface area contributed by atoms with E-state index in [1.165, 1.54) is 32.7 Å². The second kappa shape index (κ2) is 7.02. The van der Waals surface area contributed by atoms with Crippen molar-refractivity contribution in [3.63, 3.8) is 0 Å². The van der Waals surface area contributed by atoms with Crippen LogP contribution < -0.4 is 4.90 Å². The highest BCUT2D eigenvalue weighted by molar-refractivity contribution is 14.1. The van der Waals surface area contributed by atoms with E-state index in [0.29, 0.717) is 0 Å². The minimum absolute atomic E-state index is 0.0183. The molecule has 4 atom stereocenters. The Kier molecular flexibility index (Phi) is 4.48. The fourth-order valence-corrected chi connectivity index (χ4v) is 6.95. The molecule has 7 rings (SSSR count). The molecule has 3 aromatic rings. The van der Waals surface area contributed by atoms with Crippen molar-refractivity contribution in [2.24, 2.45) is 11.8 Å². The van der Waals surface area contributed by atoms with Gasteiger partial charge in [0.1, 0.15) is 0 Å². The van der Waals surface area contributed by atoms with Crippen LogP contribution in [-0.2, 0) is 15.0 Å². The van der Waals surface area contributed by atoms with Crippen LogP contribution in [0.25, 0.3) is 0 Å². The van der Waals surface area contributed by atoms with Crippen molar-refractivity contribution in [3.05, 3.63) is 97.6 Å². The van der Waals surface area contributed by atoms with Gasteiger partial charge in [-0.25, -0.2) is 4.90 Å². The highest BCUT2D eigenvalue weighted by Gasteiger charge is 2.62. The van der Waals surface area contributed by atoms with E-state index < -0.39 is 0 Å². The van der Waals surface area contributed by atoms with E-state index in [2.05, 4.69) is 85.8 Å². The Morgan fingerprint density at radius 2 is 1.33 bits per heavy atom. The van der Waals surface area contributed by atoms with Crippen LogP contribution in [0.15, 0.2) is 60.7 Å². The summed E-state index contributed by atoms with van der Waals surface area (Å²) in [5.74, 6) is -0.956. The second-order valence-corrected chi connectivity index (χ2v) is 11.9. The van der Waals surface area contributed by atoms with Gasteiger partial charge in [-0.15, -0.1) is 0 Å². The Hall–Kier alpha value is -2.47. The molecule has 0 saturated carbocycles. The van der Waals surface area contributed by atoms with Crippen LogP contribution in [0.4, 0.5) is 5.69 Å². The molecular weight excluding hydrogens is 521 g/mol. The van der Waals surface area contributed by atoms with Crippen LogP contribution in [0.2, 0.25) is 0 Å². The Balaban J connectivity index is 1.56. The molecule has 2 amide bonds. The lowest BCUT2D eigenvalue weighted by Gasteiger charge is -2.46. The number of halogens is 1. The Morgan fingerprint density at radius 1 is 0.758 bits per heavy atom. The van der Waals surface area contributed by atoms with E-state index in [4.69, 9.17) is 0 Å². The van der Waals surface area contributed by atoms with Crippen LogP contribution in [0, 0.1) is 22.3 Å². The normalized spacial score (nSPS) is 25.2. The molecule has 4 aliphatic rings. The zero-order valence-corrected chi connectivity index (χ0v) is 21.4. The van der Waals surface area contributed by atoms with Crippen molar-refractivity contribution < 1.29 is 9.59 Å². The largest absolute Gasteiger partial charge is 0.274 e. The molecule has 0 N–H and O–H groups in total. The number of aryl methyl sites for hydroxylation is 1. The third-order valence-corrected chi connectivity index (χ3v) is 8.48. The van der Waals surface area contributed by atoms with E-state index in [1.54, 1.807) is 0 Å². The first-order valence-electron chi connectivity index (χ1n) is 11.6. The Labute approximate surface area is 208 Å². The molecule has 3 nitrogen and oxygen atoms in total. The maximum absolute atomic E-state index is 14.0. The van der Waals surface area contributed by atoms with Gasteiger partial charge in [0.05, 0.1) is 17.5 Å². The van der Waals surface area contributed by atoms with E-state index in [-0.39, 0.29) is 40.9 Å². The molecule has 166 valence electrons. The second-order valence-electron chi connectivity index (χ2n) is 10.7. The molecular formula is C29H26INO2. The van der Waals surface area contributed by atoms with Gasteiger partial charge in [-0.2, -0.15) is 0 Å². The molecule has 33 heavy (non-hydrogen) atoms. The molecule has 3 aromatic carbocycles. The van der Waals surface area contributed by atoms with Gasteiger partial charge in [-0.1, -0.05) is 63.2 Å². The fraction of sp³-hybridized carbons (Fsp3) is 0.310. The summed E-state index contributed by atoms with van der Waals surface area (Å²) in [6.45, 7) is 8.64. The number of hydrogen-bond donors (Lipinski definition) is 0. The maximum atomic E-state index is 14.0. The summed E-state index contributed by atoms with van der Waals surface area (Å²) in [5, 5.41) is 0. The molecule has 0 spiro atoms. The van der Waals surface area contributed by atoms with Crippen LogP contribution in [0.5, 0.6) is 0 Å². The van der Waals surface area contributed by atoms with E-state index in [0.717, 1.165) is 14.8 Å². The summed E-state index contributed by atoms with van der Waals surface area (Å²) in [5.41, 5.74) is 7.84. The van der Waals surface area contributed by atoms with Crippen LogP contribution in [0.3, 0.4) is 0 Å². The van der Waals surface area contributed by atoms with E-state index in [9.17, 15) is 9.59 Å². The van der Waals surface area contributed by atoms with Crippen LogP contribution in [0.1, 0.15) is 66.0 Å². The highest BCUT2D eigenvalue weighted by Crippen LogP contribution is 2.61. The topological polar surface area (TPSA) is 37.4 Å². The van der Waals surface area contributed by atoms with Gasteiger partial charge in [-0.05, 0) is 86.5 Å². The van der Waals surface area contributed by atoms with Gasteiger partial charge >= 0.3 is 0 Å². The smallest absolute Gasteiger partial charge is 0.238 e. The molecule has 1 saturated heterocycles. The lowest BCUT2D eigenvalue weighted by molar-refractivity contribution is -0.122. The van der Waals surface area contributed by atoms with Crippen molar-refractivity contribution in [2.45, 2.75) is 44.9 Å². The lowest BCUT2D eigenvalue weighted by Crippen LogP contribution is -2.41. The molecule has 4 heteroatoms. The number of amides is 2. The molecule has 0 unspecified atom stereocenters. The molecule has 3 aliphatic carbocycles. The predicted octanol–water partition coefficient (Wildman–Crippen LogP) is 6.29. The summed E-state index contributed by atoms with van der Waals surface area (Å²) in [6, 6.07) is 21.1. The average molecular weight is 547 g/mol. The maximum Gasteiger partial charge on any atom is 0.238 e. The molecule has 2 bridgehead atoms. The number of imide groups is 1. The summed E-state index contributed by atoms with van der Waals surface area (Å²) >= 11 is 2.27. The van der Waals surface area contributed by atoms with Crippen molar-refractivity contribution in [1.82, 2.24) is 0 Å². The minimum Gasteiger partial charge on any atom is -0.274 e. The van der Waals surface area contributed by atoms with Gasteiger partial charge in [0, 0.05) is 15.4 Å². The molecule has 1 aliphatic heterocycles. The fourth-order valence-electron chi connectivity index (χ4n) is 6.30. The molecule has 0 radical (unpaired) electrons. The van der Waals surface area contributed by atoms with E-state index >= 15 is 0 Å². The van der Waals surface area contributed by atoms with Crippen molar-refractivity contribution in [2.75, 3.05) is 4.90 Å². The monoisotopic (exact) mass is 547 g/mol. The van der Waals surface area contributed by atoms with Gasteiger partial charge in [0.2, 0.25) is 11.8 Å². The number of benzene rings is 3. The van der Waals surface area contributed by atoms with Crippen molar-refractivity contribution in [3.8, 4) is 0 Å². The number of anilines is 1. The number of carbonyl (C=O) groups is 2. The van der Waals surface area contributed by atoms with E-state index in [1.807, 2.05) is 25.1 Å². The third kappa shape index (κ3) is 2.86. The minimum atomic E-state index is -0.348. The van der Waals surface area contributed by atoms with Crippen LogP contribution >= 0.6 is 22.6 Å². The van der Waals surface area contributed by atoms with Gasteiger partial charge in [0.15, 0.2) is 0 Å². The Morgan fingerprint density at radius 3 is 1.91 bits per heavy atom. The quantitative estimate of drug-likeness (QED) is 0.265. The van der Waals surface area contributed by atoms with Gasteiger partial charge in [-0.3, -0.25) is 9.59 Å². The van der Waals surface area contributed by atoms with Crippen LogP contribution in [-0.4, -0.2) is 11.8 Å². The van der Waals surface area contributed by atoms with Crippen molar-refractivity contribution in [1.29, 1.82) is 0 Å². The van der Waals surface area contributed by atoms with Crippen molar-refractivity contribution >= 4 is 40.1 Å². The Bertz CT molecular complexity index is 1350. The first-order valence-corrected chi connectivity index (χ1v) is 12.6. The lowest BCUT2D eigenvalue weighted by atomic mass is 9.54. The zero-order chi connectivity index (χ0) is 23.2. The summed E-state index contributed by atoms with van der Waals surface area (Å²) in [7, 11) is 0. The van der Waals surface area contributed by atoms with Gasteiger partial charge < -0.3 is 0 Å². The summed E-state index contributed by atoms with van der Waals surface area (Å²) in [6.07, 6.45) is 0. The number of hydrogen-bond acceptors (Lipinski definition) is 2. The zero-order valence-electron chi connectivity index (χ0n) is 19.2. The molecule has 1 fully saturated rings. The average Bonchev–Trinajstić information content (AvgIpc) is 3.04. The first kappa shape index (κ1) is 21.1. The standard InChI is InChI=1S/C29H26INO2/c1-15-13-17(30)10-12-22(15)31-27(32)25-23-18-7-5-6-8-19(18)24(26(25)28(31)33)21-14-16(29(2,3)4)9-11-20(21)23/h5-14,23-26H,1-4H3/t23-,24-,25+,26+/m1/s1. The number of carbonyl (C=O) groups excluding carboxylic acids is 2. The molecule has 1 heterocycles. The first-order chi connectivity index (χ1) is 15.7. The predicted molar refractivity (Wildman–Crippen MR) is 139 cm³/mol. The number of rotatable bonds is 1. The summed E-state index contributed by atoms with van der Waals surface area (Å²) < 4.78 is 1.10. The van der Waals surface area contributed by atoms with Gasteiger partial charge in [0.25, 0.3) is 0 Å². The number of nitrogens with zero attached hydrogens (tertiary/aromatic N) is 1. The third-order valence-electron chi connectivity index (χ3n) is 7.81. The summed E-state index contributed by atoms with van der Waals surface area (Å²) in [4.78, 5) is 29.4.